The fourth-order valence-corrected chi connectivity index (χ4v) is 3.08. The Labute approximate surface area is 172 Å². The summed E-state index contributed by atoms with van der Waals surface area (Å²) in [6.07, 6.45) is 2.50. The van der Waals surface area contributed by atoms with Gasteiger partial charge in [-0.3, -0.25) is 4.79 Å². The number of nitrogens with zero attached hydrogens (tertiary/aromatic N) is 3. The molecule has 5 heteroatoms. The number of aryl methyl sites for hydroxylation is 1. The van der Waals surface area contributed by atoms with Gasteiger partial charge in [0.25, 0.3) is 5.91 Å². The van der Waals surface area contributed by atoms with E-state index in [-0.39, 0.29) is 11.9 Å². The highest BCUT2D eigenvalue weighted by atomic mass is 16.1. The van der Waals surface area contributed by atoms with Gasteiger partial charge in [-0.15, -0.1) is 0 Å². The van der Waals surface area contributed by atoms with Gasteiger partial charge in [-0.2, -0.15) is 0 Å². The lowest BCUT2D eigenvalue weighted by atomic mass is 10.1. The lowest BCUT2D eigenvalue weighted by Crippen LogP contribution is -2.34. The van der Waals surface area contributed by atoms with Gasteiger partial charge in [-0.05, 0) is 31.9 Å². The van der Waals surface area contributed by atoms with E-state index in [9.17, 15) is 4.79 Å². The minimum atomic E-state index is -0.148. The molecule has 0 saturated heterocycles. The van der Waals surface area contributed by atoms with Crippen molar-refractivity contribution in [1.82, 2.24) is 15.3 Å². The molecule has 1 amide bonds. The summed E-state index contributed by atoms with van der Waals surface area (Å²) < 4.78 is 0. The number of hydrogen-bond donors (Lipinski definition) is 1. The van der Waals surface area contributed by atoms with Crippen LogP contribution in [0.2, 0.25) is 0 Å². The van der Waals surface area contributed by atoms with Gasteiger partial charge in [-0.1, -0.05) is 61.0 Å². The largest absolute Gasteiger partial charge is 0.355 e. The Bertz CT molecular complexity index is 972. The zero-order chi connectivity index (χ0) is 20.8. The molecule has 1 heterocycles. The minimum Gasteiger partial charge on any atom is -0.355 e. The van der Waals surface area contributed by atoms with E-state index in [2.05, 4.69) is 28.5 Å². The number of aromatic nitrogens is 2. The highest BCUT2D eigenvalue weighted by molar-refractivity contribution is 5.99. The molecule has 0 fully saturated rings. The Morgan fingerprint density at radius 2 is 1.90 bits per heavy atom. The lowest BCUT2D eigenvalue weighted by molar-refractivity contribution is 0.0939. The van der Waals surface area contributed by atoms with E-state index in [1.165, 1.54) is 0 Å². The molecule has 150 valence electrons. The van der Waals surface area contributed by atoms with Crippen molar-refractivity contribution in [1.29, 1.82) is 0 Å². The monoisotopic (exact) mass is 388 g/mol. The van der Waals surface area contributed by atoms with E-state index < -0.39 is 0 Å². The number of carbonyl (C=O) groups excluding carboxylic acids is 1. The summed E-state index contributed by atoms with van der Waals surface area (Å²) in [5.74, 6) is 1.09. The third kappa shape index (κ3) is 5.19. The second-order valence-corrected chi connectivity index (χ2v) is 7.42. The Hall–Kier alpha value is -3.21. The molecule has 0 aliphatic rings. The van der Waals surface area contributed by atoms with Gasteiger partial charge < -0.3 is 10.2 Å². The average molecular weight is 389 g/mol. The number of anilines is 1. The lowest BCUT2D eigenvalue weighted by Gasteiger charge is -2.22. The third-order valence-electron chi connectivity index (χ3n) is 4.90. The van der Waals surface area contributed by atoms with Crippen molar-refractivity contribution >= 4 is 11.7 Å². The first kappa shape index (κ1) is 20.5. The summed E-state index contributed by atoms with van der Waals surface area (Å²) in [5, 5.41) is 3.03. The van der Waals surface area contributed by atoms with Crippen LogP contribution in [-0.2, 0) is 6.54 Å². The number of nitrogens with one attached hydrogen (secondary N) is 1. The standard InChI is InChI=1S/C24H28N4O/c1-5-18(3)26-24(29)21-15-25-22(20-13-9-10-17(2)14-20)27-23(21)28(4)16-19-11-7-6-8-12-19/h6-15,18H,5,16H2,1-4H3,(H,26,29)/t18-/m1/s1. The van der Waals surface area contributed by atoms with Crippen LogP contribution in [0, 0.1) is 6.92 Å². The molecule has 0 saturated carbocycles. The van der Waals surface area contributed by atoms with Crippen molar-refractivity contribution in [3.63, 3.8) is 0 Å². The molecule has 0 spiro atoms. The zero-order valence-electron chi connectivity index (χ0n) is 17.5. The van der Waals surface area contributed by atoms with Crippen LogP contribution in [-0.4, -0.2) is 29.0 Å². The molecule has 0 aliphatic heterocycles. The molecule has 1 N–H and O–H groups in total. The number of benzene rings is 2. The fourth-order valence-electron chi connectivity index (χ4n) is 3.08. The Morgan fingerprint density at radius 1 is 1.14 bits per heavy atom. The first-order chi connectivity index (χ1) is 14.0. The van der Waals surface area contributed by atoms with E-state index in [1.807, 2.05) is 69.1 Å². The van der Waals surface area contributed by atoms with Crippen LogP contribution in [0.1, 0.15) is 41.8 Å². The Morgan fingerprint density at radius 3 is 2.59 bits per heavy atom. The molecule has 0 bridgehead atoms. The maximum Gasteiger partial charge on any atom is 0.256 e. The van der Waals surface area contributed by atoms with Gasteiger partial charge in [0, 0.05) is 31.4 Å². The van der Waals surface area contributed by atoms with E-state index in [0.29, 0.717) is 23.8 Å². The van der Waals surface area contributed by atoms with Crippen LogP contribution in [0.15, 0.2) is 60.8 Å². The summed E-state index contributed by atoms with van der Waals surface area (Å²) in [4.78, 5) is 24.2. The molecule has 5 nitrogen and oxygen atoms in total. The molecule has 1 aromatic heterocycles. The zero-order valence-corrected chi connectivity index (χ0v) is 17.5. The van der Waals surface area contributed by atoms with E-state index >= 15 is 0 Å². The van der Waals surface area contributed by atoms with Crippen LogP contribution >= 0.6 is 0 Å². The molecule has 3 rings (SSSR count). The van der Waals surface area contributed by atoms with Crippen molar-refractivity contribution in [2.24, 2.45) is 0 Å². The van der Waals surface area contributed by atoms with Crippen LogP contribution in [0.3, 0.4) is 0 Å². The SMILES string of the molecule is CC[C@@H](C)NC(=O)c1cnc(-c2cccc(C)c2)nc1N(C)Cc1ccccc1. The highest BCUT2D eigenvalue weighted by Crippen LogP contribution is 2.24. The predicted octanol–water partition coefficient (Wildman–Crippen LogP) is 4.62. The van der Waals surface area contributed by atoms with Crippen LogP contribution in [0.4, 0.5) is 5.82 Å². The molecular formula is C24H28N4O. The number of rotatable bonds is 7. The predicted molar refractivity (Wildman–Crippen MR) is 118 cm³/mol. The van der Waals surface area contributed by atoms with Gasteiger partial charge >= 0.3 is 0 Å². The molecule has 0 unspecified atom stereocenters. The van der Waals surface area contributed by atoms with E-state index in [4.69, 9.17) is 4.98 Å². The average Bonchev–Trinajstić information content (AvgIpc) is 2.73. The van der Waals surface area contributed by atoms with Crippen molar-refractivity contribution in [2.45, 2.75) is 39.8 Å². The Kier molecular flexibility index (Phi) is 6.60. The van der Waals surface area contributed by atoms with Crippen molar-refractivity contribution in [3.8, 4) is 11.4 Å². The minimum absolute atomic E-state index is 0.0891. The Balaban J connectivity index is 2.00. The normalized spacial score (nSPS) is 11.7. The smallest absolute Gasteiger partial charge is 0.256 e. The van der Waals surface area contributed by atoms with E-state index in [1.54, 1.807) is 6.20 Å². The van der Waals surface area contributed by atoms with E-state index in [0.717, 1.165) is 23.1 Å². The van der Waals surface area contributed by atoms with Crippen molar-refractivity contribution in [2.75, 3.05) is 11.9 Å². The third-order valence-corrected chi connectivity index (χ3v) is 4.90. The number of hydrogen-bond acceptors (Lipinski definition) is 4. The van der Waals surface area contributed by atoms with Gasteiger partial charge in [0.2, 0.25) is 0 Å². The van der Waals surface area contributed by atoms with Gasteiger partial charge in [-0.25, -0.2) is 9.97 Å². The molecule has 29 heavy (non-hydrogen) atoms. The first-order valence-electron chi connectivity index (χ1n) is 9.98. The van der Waals surface area contributed by atoms with Gasteiger partial charge in [0.15, 0.2) is 5.82 Å². The molecule has 1 atom stereocenters. The number of carbonyl (C=O) groups is 1. The van der Waals surface area contributed by atoms with Crippen LogP contribution in [0.5, 0.6) is 0 Å². The van der Waals surface area contributed by atoms with Crippen LogP contribution in [0.25, 0.3) is 11.4 Å². The second kappa shape index (κ2) is 9.32. The number of amides is 1. The summed E-state index contributed by atoms with van der Waals surface area (Å²) in [6.45, 7) is 6.73. The highest BCUT2D eigenvalue weighted by Gasteiger charge is 2.20. The summed E-state index contributed by atoms with van der Waals surface area (Å²) in [6, 6.07) is 18.3. The van der Waals surface area contributed by atoms with Crippen LogP contribution < -0.4 is 10.2 Å². The molecule has 0 aliphatic carbocycles. The van der Waals surface area contributed by atoms with Gasteiger partial charge in [0.1, 0.15) is 11.4 Å². The summed E-state index contributed by atoms with van der Waals surface area (Å²) in [7, 11) is 1.95. The fraction of sp³-hybridized carbons (Fsp3) is 0.292. The molecule has 3 aromatic rings. The van der Waals surface area contributed by atoms with Crippen molar-refractivity contribution in [3.05, 3.63) is 77.5 Å². The molecule has 0 radical (unpaired) electrons. The molecular weight excluding hydrogens is 360 g/mol. The molecule has 2 aromatic carbocycles. The second-order valence-electron chi connectivity index (χ2n) is 7.42. The maximum atomic E-state index is 12.9. The summed E-state index contributed by atoms with van der Waals surface area (Å²) >= 11 is 0. The van der Waals surface area contributed by atoms with Gasteiger partial charge in [0.05, 0.1) is 0 Å². The quantitative estimate of drug-likeness (QED) is 0.642. The maximum absolute atomic E-state index is 12.9. The first-order valence-corrected chi connectivity index (χ1v) is 9.98. The summed E-state index contributed by atoms with van der Waals surface area (Å²) in [5.41, 5.74) is 3.72. The topological polar surface area (TPSA) is 58.1 Å². The van der Waals surface area contributed by atoms with Crippen molar-refractivity contribution < 1.29 is 4.79 Å².